The fourth-order valence-corrected chi connectivity index (χ4v) is 4.12. The minimum absolute atomic E-state index is 0.0324. The van der Waals surface area contributed by atoms with E-state index in [4.69, 9.17) is 14.2 Å². The van der Waals surface area contributed by atoms with Crippen molar-refractivity contribution in [1.82, 2.24) is 9.80 Å². The van der Waals surface area contributed by atoms with Gasteiger partial charge in [-0.05, 0) is 44.0 Å². The number of hydrogen-bond donors (Lipinski definition) is 1. The molecule has 0 radical (unpaired) electrons. The molecule has 188 valence electrons. The predicted octanol–water partition coefficient (Wildman–Crippen LogP) is 3.05. The number of amides is 3. The zero-order valence-corrected chi connectivity index (χ0v) is 20.7. The summed E-state index contributed by atoms with van der Waals surface area (Å²) in [5.74, 6) is 1.03. The average Bonchev–Trinajstić information content (AvgIpc) is 2.90. The van der Waals surface area contributed by atoms with Crippen molar-refractivity contribution in [1.29, 1.82) is 0 Å². The summed E-state index contributed by atoms with van der Waals surface area (Å²) in [6, 6.07) is 12.1. The number of likely N-dealkylation sites (tertiary alicyclic amines) is 1. The molecule has 3 rings (SSSR count). The van der Waals surface area contributed by atoms with Gasteiger partial charge in [0, 0.05) is 48.9 Å². The van der Waals surface area contributed by atoms with E-state index in [1.54, 1.807) is 59.4 Å². The number of piperidine rings is 1. The monoisotopic (exact) mass is 483 g/mol. The van der Waals surface area contributed by atoms with E-state index < -0.39 is 0 Å². The molecule has 9 heteroatoms. The van der Waals surface area contributed by atoms with Crippen LogP contribution in [0.2, 0.25) is 0 Å². The normalized spacial score (nSPS) is 13.7. The summed E-state index contributed by atoms with van der Waals surface area (Å²) in [6.07, 6.45) is 1.08. The Kier molecular flexibility index (Phi) is 8.94. The maximum absolute atomic E-state index is 13.1. The second kappa shape index (κ2) is 12.1. The van der Waals surface area contributed by atoms with E-state index in [9.17, 15) is 14.4 Å². The van der Waals surface area contributed by atoms with E-state index in [2.05, 4.69) is 5.32 Å². The van der Waals surface area contributed by atoms with Crippen molar-refractivity contribution < 1.29 is 28.6 Å². The lowest BCUT2D eigenvalue weighted by Gasteiger charge is -2.34. The Balaban J connectivity index is 1.56. The summed E-state index contributed by atoms with van der Waals surface area (Å²) < 4.78 is 15.7. The summed E-state index contributed by atoms with van der Waals surface area (Å²) in [5.41, 5.74) is 1.09. The van der Waals surface area contributed by atoms with E-state index in [-0.39, 0.29) is 30.2 Å². The molecule has 0 aromatic heterocycles. The van der Waals surface area contributed by atoms with Gasteiger partial charge in [0.2, 0.25) is 11.8 Å². The quantitative estimate of drug-likeness (QED) is 0.589. The Hall–Kier alpha value is -3.75. The molecule has 1 saturated heterocycles. The number of nitrogens with one attached hydrogen (secondary N) is 1. The summed E-state index contributed by atoms with van der Waals surface area (Å²) in [6.45, 7) is 3.17. The van der Waals surface area contributed by atoms with Crippen molar-refractivity contribution >= 4 is 23.4 Å². The molecule has 1 aliphatic heterocycles. The number of carbonyl (C=O) groups excluding carboxylic acids is 3. The number of anilines is 1. The van der Waals surface area contributed by atoms with Gasteiger partial charge in [0.25, 0.3) is 5.91 Å². The smallest absolute Gasteiger partial charge is 0.254 e. The molecular weight excluding hydrogens is 450 g/mol. The van der Waals surface area contributed by atoms with E-state index in [1.807, 2.05) is 6.92 Å². The molecule has 0 bridgehead atoms. The molecule has 0 spiro atoms. The molecular formula is C26H33N3O6. The third kappa shape index (κ3) is 6.65. The summed E-state index contributed by atoms with van der Waals surface area (Å²) in [4.78, 5) is 42.0. The number of rotatable bonds is 9. The predicted molar refractivity (Wildman–Crippen MR) is 132 cm³/mol. The zero-order valence-electron chi connectivity index (χ0n) is 20.7. The van der Waals surface area contributed by atoms with Gasteiger partial charge >= 0.3 is 0 Å². The van der Waals surface area contributed by atoms with Gasteiger partial charge in [-0.25, -0.2) is 0 Å². The Morgan fingerprint density at radius 2 is 1.57 bits per heavy atom. The third-order valence-corrected chi connectivity index (χ3v) is 6.11. The molecule has 1 N–H and O–H groups in total. The van der Waals surface area contributed by atoms with Crippen molar-refractivity contribution in [2.45, 2.75) is 19.8 Å². The number of nitrogens with zero attached hydrogens (tertiary/aromatic N) is 2. The first-order valence-electron chi connectivity index (χ1n) is 11.6. The van der Waals surface area contributed by atoms with E-state index in [1.165, 1.54) is 14.2 Å². The van der Waals surface area contributed by atoms with Gasteiger partial charge in [-0.15, -0.1) is 0 Å². The molecule has 0 saturated carbocycles. The Bertz CT molecular complexity index is 1030. The highest BCUT2D eigenvalue weighted by Crippen LogP contribution is 2.26. The molecule has 0 atom stereocenters. The van der Waals surface area contributed by atoms with Crippen molar-refractivity contribution in [3.63, 3.8) is 0 Å². The summed E-state index contributed by atoms with van der Waals surface area (Å²) in [7, 11) is 4.64. The first-order valence-corrected chi connectivity index (χ1v) is 11.6. The second-order valence-corrected chi connectivity index (χ2v) is 8.30. The van der Waals surface area contributed by atoms with Gasteiger partial charge in [-0.2, -0.15) is 0 Å². The number of likely N-dealkylation sites (N-methyl/N-ethyl adjacent to an activating group) is 1. The Morgan fingerprint density at radius 3 is 2.14 bits per heavy atom. The Morgan fingerprint density at radius 1 is 0.943 bits per heavy atom. The fraction of sp³-hybridized carbons (Fsp3) is 0.423. The minimum Gasteiger partial charge on any atom is -0.497 e. The minimum atomic E-state index is -0.270. The molecule has 1 fully saturated rings. The highest BCUT2D eigenvalue weighted by atomic mass is 16.5. The van der Waals surface area contributed by atoms with Crippen molar-refractivity contribution in [3.8, 4) is 17.2 Å². The van der Waals surface area contributed by atoms with E-state index >= 15 is 0 Å². The number of benzene rings is 2. The van der Waals surface area contributed by atoms with Crippen LogP contribution < -0.4 is 19.5 Å². The van der Waals surface area contributed by atoms with Crippen LogP contribution in [0, 0.1) is 5.92 Å². The Labute approximate surface area is 205 Å². The maximum atomic E-state index is 13.1. The molecule has 1 aliphatic rings. The number of methoxy groups -OCH3 is 3. The van der Waals surface area contributed by atoms with Crippen LogP contribution in [-0.4, -0.2) is 75.0 Å². The average molecular weight is 484 g/mol. The van der Waals surface area contributed by atoms with Crippen molar-refractivity contribution in [3.05, 3.63) is 48.0 Å². The zero-order chi connectivity index (χ0) is 25.4. The van der Waals surface area contributed by atoms with Crippen LogP contribution in [0.15, 0.2) is 42.5 Å². The van der Waals surface area contributed by atoms with Crippen LogP contribution in [-0.2, 0) is 9.59 Å². The molecule has 1 heterocycles. The fourth-order valence-electron chi connectivity index (χ4n) is 4.12. The van der Waals surface area contributed by atoms with Crippen LogP contribution in [0.4, 0.5) is 5.69 Å². The number of ether oxygens (including phenoxy) is 3. The van der Waals surface area contributed by atoms with Gasteiger partial charge in [0.05, 0.1) is 27.9 Å². The lowest BCUT2D eigenvalue weighted by Crippen LogP contribution is -2.46. The van der Waals surface area contributed by atoms with Crippen LogP contribution in [0.1, 0.15) is 30.1 Å². The SMILES string of the molecule is CCN(CC(=O)Nc1cccc(OC)c1)C(=O)C1CCN(C(=O)c2cc(OC)cc(OC)c2)CC1. The molecule has 3 amide bonds. The molecule has 2 aromatic rings. The molecule has 9 nitrogen and oxygen atoms in total. The highest BCUT2D eigenvalue weighted by Gasteiger charge is 2.31. The molecule has 2 aromatic carbocycles. The summed E-state index contributed by atoms with van der Waals surface area (Å²) in [5, 5.41) is 2.81. The standard InChI is InChI=1S/C26H33N3O6/c1-5-28(17-24(30)27-20-7-6-8-21(15-20)33-2)25(31)18-9-11-29(12-10-18)26(32)19-13-22(34-3)16-23(14-19)35-4/h6-8,13-16,18H,5,9-12,17H2,1-4H3,(H,27,30). The first-order chi connectivity index (χ1) is 16.9. The lowest BCUT2D eigenvalue weighted by atomic mass is 9.94. The second-order valence-electron chi connectivity index (χ2n) is 8.30. The van der Waals surface area contributed by atoms with Crippen LogP contribution >= 0.6 is 0 Å². The number of carbonyl (C=O) groups is 3. The maximum Gasteiger partial charge on any atom is 0.254 e. The third-order valence-electron chi connectivity index (χ3n) is 6.11. The first kappa shape index (κ1) is 25.9. The van der Waals surface area contributed by atoms with Gasteiger partial charge in [0.15, 0.2) is 0 Å². The van der Waals surface area contributed by atoms with Crippen molar-refractivity contribution in [2.75, 3.05) is 52.8 Å². The summed E-state index contributed by atoms with van der Waals surface area (Å²) >= 11 is 0. The molecule has 35 heavy (non-hydrogen) atoms. The highest BCUT2D eigenvalue weighted by molar-refractivity contribution is 5.96. The topological polar surface area (TPSA) is 97.4 Å². The van der Waals surface area contributed by atoms with Gasteiger partial charge in [0.1, 0.15) is 17.2 Å². The lowest BCUT2D eigenvalue weighted by molar-refractivity contribution is -0.139. The van der Waals surface area contributed by atoms with Crippen LogP contribution in [0.5, 0.6) is 17.2 Å². The van der Waals surface area contributed by atoms with E-state index in [0.29, 0.717) is 61.0 Å². The van der Waals surface area contributed by atoms with Crippen molar-refractivity contribution in [2.24, 2.45) is 5.92 Å². The van der Waals surface area contributed by atoms with Crippen LogP contribution in [0.3, 0.4) is 0 Å². The number of hydrogen-bond acceptors (Lipinski definition) is 6. The molecule has 0 aliphatic carbocycles. The van der Waals surface area contributed by atoms with Crippen LogP contribution in [0.25, 0.3) is 0 Å². The van der Waals surface area contributed by atoms with Gasteiger partial charge in [-0.1, -0.05) is 6.07 Å². The van der Waals surface area contributed by atoms with E-state index in [0.717, 1.165) is 0 Å². The molecule has 0 unspecified atom stereocenters. The van der Waals surface area contributed by atoms with Gasteiger partial charge < -0.3 is 29.3 Å². The largest absolute Gasteiger partial charge is 0.497 e. The van der Waals surface area contributed by atoms with Gasteiger partial charge in [-0.3, -0.25) is 14.4 Å².